The maximum Gasteiger partial charge on any atom is 0.279 e. The summed E-state index contributed by atoms with van der Waals surface area (Å²) in [6, 6.07) is 18.5. The average molecular weight is 381 g/mol. The van der Waals surface area contributed by atoms with Gasteiger partial charge < -0.3 is 4.52 Å². The number of pyridine rings is 1. The molecule has 0 atom stereocenters. The molecule has 29 heavy (non-hydrogen) atoms. The molecule has 140 valence electrons. The minimum absolute atomic E-state index is 0.206. The van der Waals surface area contributed by atoms with Gasteiger partial charge in [0.25, 0.3) is 11.4 Å². The van der Waals surface area contributed by atoms with Crippen molar-refractivity contribution < 1.29 is 4.52 Å². The zero-order valence-electron chi connectivity index (χ0n) is 15.5. The Bertz CT molecular complexity index is 1370. The van der Waals surface area contributed by atoms with Crippen LogP contribution in [0, 0.1) is 6.92 Å². The van der Waals surface area contributed by atoms with Gasteiger partial charge >= 0.3 is 0 Å². The molecule has 0 saturated heterocycles. The minimum atomic E-state index is -0.206. The lowest BCUT2D eigenvalue weighted by Gasteiger charge is -2.09. The van der Waals surface area contributed by atoms with E-state index in [1.807, 2.05) is 49.4 Å². The predicted molar refractivity (Wildman–Crippen MR) is 109 cm³/mol. The molecular formula is C22H15N5O2. The van der Waals surface area contributed by atoms with Crippen LogP contribution in [-0.4, -0.2) is 24.9 Å². The highest BCUT2D eigenvalue weighted by atomic mass is 16.5. The molecule has 0 fully saturated rings. The SMILES string of the molecule is Cc1ccc(-n2nc(-c3nc(-c4ccncc4)no3)c3ccccc3c2=O)cc1. The molecule has 2 aromatic carbocycles. The van der Waals surface area contributed by atoms with E-state index in [0.29, 0.717) is 28.0 Å². The number of hydrogen-bond acceptors (Lipinski definition) is 6. The Morgan fingerprint density at radius 2 is 1.62 bits per heavy atom. The fraction of sp³-hybridized carbons (Fsp3) is 0.0455. The summed E-state index contributed by atoms with van der Waals surface area (Å²) in [5.41, 5.74) is 2.80. The van der Waals surface area contributed by atoms with Gasteiger partial charge in [0, 0.05) is 23.3 Å². The molecule has 5 aromatic rings. The standard InChI is InChI=1S/C22H15N5O2/c1-14-6-8-16(9-7-14)27-22(28)18-5-3-2-4-17(18)19(25-27)21-24-20(26-29-21)15-10-12-23-13-11-15/h2-13H,1H3. The van der Waals surface area contributed by atoms with Crippen molar-refractivity contribution in [3.8, 4) is 28.7 Å². The van der Waals surface area contributed by atoms with Crippen LogP contribution in [0.1, 0.15) is 5.56 Å². The molecule has 3 aromatic heterocycles. The van der Waals surface area contributed by atoms with E-state index in [0.717, 1.165) is 11.1 Å². The molecule has 0 aliphatic rings. The summed E-state index contributed by atoms with van der Waals surface area (Å²) in [5.74, 6) is 0.676. The van der Waals surface area contributed by atoms with Crippen molar-refractivity contribution in [1.82, 2.24) is 24.9 Å². The summed E-state index contributed by atoms with van der Waals surface area (Å²) in [5, 5.41) is 9.83. The van der Waals surface area contributed by atoms with Crippen molar-refractivity contribution in [1.29, 1.82) is 0 Å². The maximum atomic E-state index is 13.1. The molecule has 0 radical (unpaired) electrons. The van der Waals surface area contributed by atoms with Crippen LogP contribution in [-0.2, 0) is 0 Å². The largest absolute Gasteiger partial charge is 0.332 e. The van der Waals surface area contributed by atoms with E-state index in [1.165, 1.54) is 4.68 Å². The number of benzene rings is 2. The molecule has 3 heterocycles. The fourth-order valence-corrected chi connectivity index (χ4v) is 3.15. The van der Waals surface area contributed by atoms with Gasteiger partial charge in [-0.1, -0.05) is 41.1 Å². The third kappa shape index (κ3) is 2.98. The van der Waals surface area contributed by atoms with Gasteiger partial charge in [-0.3, -0.25) is 9.78 Å². The van der Waals surface area contributed by atoms with E-state index in [2.05, 4.69) is 20.2 Å². The predicted octanol–water partition coefficient (Wildman–Crippen LogP) is 3.81. The van der Waals surface area contributed by atoms with E-state index in [1.54, 1.807) is 30.6 Å². The highest BCUT2D eigenvalue weighted by Gasteiger charge is 2.18. The summed E-state index contributed by atoms with van der Waals surface area (Å²) in [4.78, 5) is 21.5. The number of aromatic nitrogens is 5. The van der Waals surface area contributed by atoms with Crippen LogP contribution in [0.5, 0.6) is 0 Å². The van der Waals surface area contributed by atoms with Crippen LogP contribution in [0.2, 0.25) is 0 Å². The van der Waals surface area contributed by atoms with Crippen LogP contribution in [0.15, 0.2) is 82.4 Å². The van der Waals surface area contributed by atoms with Crippen molar-refractivity contribution in [3.63, 3.8) is 0 Å². The number of aryl methyl sites for hydroxylation is 1. The summed E-state index contributed by atoms with van der Waals surface area (Å²) in [6.07, 6.45) is 3.33. The molecule has 0 bridgehead atoms. The molecule has 0 spiro atoms. The van der Waals surface area contributed by atoms with E-state index < -0.39 is 0 Å². The van der Waals surface area contributed by atoms with Gasteiger partial charge in [-0.25, -0.2) is 0 Å². The third-order valence-electron chi connectivity index (χ3n) is 4.65. The van der Waals surface area contributed by atoms with Crippen molar-refractivity contribution in [2.45, 2.75) is 6.92 Å². The first-order valence-corrected chi connectivity index (χ1v) is 9.04. The zero-order chi connectivity index (χ0) is 19.8. The molecule has 0 N–H and O–H groups in total. The number of fused-ring (bicyclic) bond motifs is 1. The Kier molecular flexibility index (Phi) is 3.98. The van der Waals surface area contributed by atoms with Crippen molar-refractivity contribution in [2.75, 3.05) is 0 Å². The Hall–Kier alpha value is -4.13. The second-order valence-electron chi connectivity index (χ2n) is 6.61. The van der Waals surface area contributed by atoms with Gasteiger partial charge in [-0.15, -0.1) is 0 Å². The van der Waals surface area contributed by atoms with Crippen LogP contribution in [0.25, 0.3) is 39.4 Å². The second-order valence-corrected chi connectivity index (χ2v) is 6.61. The van der Waals surface area contributed by atoms with Gasteiger partial charge in [0.1, 0.15) is 0 Å². The Morgan fingerprint density at radius 3 is 2.38 bits per heavy atom. The summed E-state index contributed by atoms with van der Waals surface area (Å²) in [7, 11) is 0. The first-order valence-electron chi connectivity index (χ1n) is 9.04. The molecule has 0 unspecified atom stereocenters. The van der Waals surface area contributed by atoms with Crippen LogP contribution >= 0.6 is 0 Å². The van der Waals surface area contributed by atoms with E-state index >= 15 is 0 Å². The van der Waals surface area contributed by atoms with Crippen molar-refractivity contribution in [3.05, 3.63) is 89.0 Å². The maximum absolute atomic E-state index is 13.1. The second kappa shape index (κ2) is 6.79. The summed E-state index contributed by atoms with van der Waals surface area (Å²) >= 11 is 0. The van der Waals surface area contributed by atoms with Crippen LogP contribution in [0.3, 0.4) is 0 Å². The molecule has 5 rings (SSSR count). The Balaban J connectivity index is 1.74. The van der Waals surface area contributed by atoms with Gasteiger partial charge in [-0.2, -0.15) is 14.8 Å². The van der Waals surface area contributed by atoms with Crippen molar-refractivity contribution in [2.24, 2.45) is 0 Å². The number of rotatable bonds is 3. The molecule has 0 aliphatic carbocycles. The fourth-order valence-electron chi connectivity index (χ4n) is 3.15. The normalized spacial score (nSPS) is 11.1. The lowest BCUT2D eigenvalue weighted by molar-refractivity contribution is 0.430. The van der Waals surface area contributed by atoms with Gasteiger partial charge in [-0.05, 0) is 37.3 Å². The quantitative estimate of drug-likeness (QED) is 0.472. The monoisotopic (exact) mass is 381 g/mol. The first-order chi connectivity index (χ1) is 14.2. The number of nitrogens with zero attached hydrogens (tertiary/aromatic N) is 5. The Morgan fingerprint density at radius 1 is 0.897 bits per heavy atom. The zero-order valence-corrected chi connectivity index (χ0v) is 15.5. The molecule has 0 saturated carbocycles. The lowest BCUT2D eigenvalue weighted by Crippen LogP contribution is -2.22. The van der Waals surface area contributed by atoms with E-state index in [9.17, 15) is 4.79 Å². The van der Waals surface area contributed by atoms with E-state index in [4.69, 9.17) is 4.52 Å². The molecule has 0 amide bonds. The topological polar surface area (TPSA) is 86.7 Å². The first kappa shape index (κ1) is 17.0. The van der Waals surface area contributed by atoms with E-state index in [-0.39, 0.29) is 11.4 Å². The van der Waals surface area contributed by atoms with Gasteiger partial charge in [0.2, 0.25) is 5.82 Å². The van der Waals surface area contributed by atoms with Crippen molar-refractivity contribution >= 4 is 10.8 Å². The van der Waals surface area contributed by atoms with Crippen LogP contribution in [0.4, 0.5) is 0 Å². The minimum Gasteiger partial charge on any atom is -0.332 e. The highest BCUT2D eigenvalue weighted by molar-refractivity contribution is 5.92. The summed E-state index contributed by atoms with van der Waals surface area (Å²) in [6.45, 7) is 1.99. The highest BCUT2D eigenvalue weighted by Crippen LogP contribution is 2.26. The van der Waals surface area contributed by atoms with Gasteiger partial charge in [0.05, 0.1) is 11.1 Å². The molecule has 7 nitrogen and oxygen atoms in total. The average Bonchev–Trinajstić information content (AvgIpc) is 3.26. The molecule has 0 aliphatic heterocycles. The lowest BCUT2D eigenvalue weighted by atomic mass is 10.1. The smallest absolute Gasteiger partial charge is 0.279 e. The number of hydrogen-bond donors (Lipinski definition) is 0. The van der Waals surface area contributed by atoms with Gasteiger partial charge in [0.15, 0.2) is 5.69 Å². The van der Waals surface area contributed by atoms with Crippen LogP contribution < -0.4 is 5.56 Å². The molecular weight excluding hydrogens is 366 g/mol. The molecule has 7 heteroatoms. The third-order valence-corrected chi connectivity index (χ3v) is 4.65. The Labute approximate surface area is 165 Å². The summed E-state index contributed by atoms with van der Waals surface area (Å²) < 4.78 is 6.87.